The van der Waals surface area contributed by atoms with Crippen molar-refractivity contribution in [3.8, 4) is 11.5 Å². The van der Waals surface area contributed by atoms with Crippen molar-refractivity contribution < 1.29 is 23.4 Å². The summed E-state index contributed by atoms with van der Waals surface area (Å²) in [5, 5.41) is 0. The van der Waals surface area contributed by atoms with Crippen molar-refractivity contribution in [2.45, 2.75) is 6.61 Å². The highest BCUT2D eigenvalue weighted by Gasteiger charge is 2.25. The Morgan fingerprint density at radius 2 is 1.97 bits per heavy atom. The van der Waals surface area contributed by atoms with Crippen LogP contribution in [-0.4, -0.2) is 19.0 Å². The maximum Gasteiger partial charge on any atom is 0.363 e. The molecular formula is C24H16BrFINO4. The lowest BCUT2D eigenvalue weighted by Crippen LogP contribution is -2.05. The van der Waals surface area contributed by atoms with E-state index in [1.807, 2.05) is 24.3 Å². The fourth-order valence-corrected chi connectivity index (χ4v) is 4.16. The summed E-state index contributed by atoms with van der Waals surface area (Å²) in [6.45, 7) is 0.377. The van der Waals surface area contributed by atoms with Crippen molar-refractivity contribution >= 4 is 56.5 Å². The molecule has 8 heteroatoms. The zero-order chi connectivity index (χ0) is 22.7. The predicted octanol–water partition coefficient (Wildman–Crippen LogP) is 6.12. The number of halogens is 3. The van der Waals surface area contributed by atoms with Gasteiger partial charge in [-0.2, -0.15) is 0 Å². The first kappa shape index (κ1) is 22.5. The third-order valence-electron chi connectivity index (χ3n) is 4.58. The number of esters is 1. The van der Waals surface area contributed by atoms with Crippen LogP contribution in [0.5, 0.6) is 11.5 Å². The minimum Gasteiger partial charge on any atom is -0.493 e. The van der Waals surface area contributed by atoms with E-state index in [4.69, 9.17) is 14.2 Å². The van der Waals surface area contributed by atoms with Gasteiger partial charge in [0.25, 0.3) is 0 Å². The minimum absolute atomic E-state index is 0.0594. The van der Waals surface area contributed by atoms with Gasteiger partial charge in [-0.1, -0.05) is 24.3 Å². The Bertz CT molecular complexity index is 1260. The summed E-state index contributed by atoms with van der Waals surface area (Å²) in [6.07, 6.45) is 1.58. The van der Waals surface area contributed by atoms with Gasteiger partial charge in [-0.05, 0) is 86.6 Å². The number of hydrogen-bond acceptors (Lipinski definition) is 5. The highest BCUT2D eigenvalue weighted by Crippen LogP contribution is 2.38. The lowest BCUT2D eigenvalue weighted by Gasteiger charge is -2.14. The number of nitrogens with zero attached hydrogens (tertiary/aromatic N) is 1. The van der Waals surface area contributed by atoms with Crippen molar-refractivity contribution in [2.24, 2.45) is 4.99 Å². The highest BCUT2D eigenvalue weighted by molar-refractivity contribution is 14.1. The van der Waals surface area contributed by atoms with E-state index in [9.17, 15) is 9.18 Å². The third-order valence-corrected chi connectivity index (χ3v) is 6.22. The van der Waals surface area contributed by atoms with Crippen LogP contribution >= 0.6 is 38.5 Å². The Morgan fingerprint density at radius 3 is 2.72 bits per heavy atom. The first-order valence-electron chi connectivity index (χ1n) is 9.47. The summed E-state index contributed by atoms with van der Waals surface area (Å²) in [5.74, 6) is 0.0563. The molecule has 0 aromatic heterocycles. The van der Waals surface area contributed by atoms with E-state index < -0.39 is 11.8 Å². The standard InChI is InChI=1S/C24H16BrFINO4/c1-30-21-11-14(9-18(25)22(21)31-13-16-5-2-3-8-19(16)27)10-20-24(29)32-23(28-20)15-6-4-7-17(26)12-15/h2-12H,13H2,1H3/b20-10-. The number of methoxy groups -OCH3 is 1. The van der Waals surface area contributed by atoms with Crippen LogP contribution in [0.3, 0.4) is 0 Å². The van der Waals surface area contributed by atoms with Gasteiger partial charge in [-0.3, -0.25) is 0 Å². The Morgan fingerprint density at radius 1 is 1.16 bits per heavy atom. The molecule has 0 atom stereocenters. The second-order valence-corrected chi connectivity index (χ2v) is 8.78. The van der Waals surface area contributed by atoms with E-state index >= 15 is 0 Å². The average molecular weight is 608 g/mol. The van der Waals surface area contributed by atoms with Crippen LogP contribution in [0.2, 0.25) is 0 Å². The van der Waals surface area contributed by atoms with Crippen LogP contribution in [0.4, 0.5) is 4.39 Å². The van der Waals surface area contributed by atoms with Crippen LogP contribution in [0.1, 0.15) is 16.7 Å². The SMILES string of the molecule is COc1cc(/C=C2\N=C(c3cccc(F)c3)OC2=O)cc(Br)c1OCc1ccccc1I. The molecule has 0 aliphatic carbocycles. The van der Waals surface area contributed by atoms with Crippen molar-refractivity contribution in [1.29, 1.82) is 0 Å². The van der Waals surface area contributed by atoms with Crippen LogP contribution in [0.15, 0.2) is 75.8 Å². The zero-order valence-corrected chi connectivity index (χ0v) is 20.5. The molecule has 0 unspecified atom stereocenters. The lowest BCUT2D eigenvalue weighted by atomic mass is 10.1. The summed E-state index contributed by atoms with van der Waals surface area (Å²) in [5.41, 5.74) is 2.21. The second-order valence-electron chi connectivity index (χ2n) is 6.76. The minimum atomic E-state index is -0.613. The fraction of sp³-hybridized carbons (Fsp3) is 0.0833. The summed E-state index contributed by atoms with van der Waals surface area (Å²) in [6, 6.07) is 17.2. The smallest absolute Gasteiger partial charge is 0.363 e. The van der Waals surface area contributed by atoms with Gasteiger partial charge in [0.1, 0.15) is 12.4 Å². The first-order chi connectivity index (χ1) is 15.4. The molecule has 3 aromatic rings. The third kappa shape index (κ3) is 5.02. The molecule has 1 aliphatic rings. The van der Waals surface area contributed by atoms with E-state index in [1.165, 1.54) is 18.2 Å². The fourth-order valence-electron chi connectivity index (χ4n) is 3.04. The molecule has 0 fully saturated rings. The molecule has 0 amide bonds. The molecule has 0 N–H and O–H groups in total. The normalized spacial score (nSPS) is 14.3. The number of aliphatic imine (C=N–C) groups is 1. The lowest BCUT2D eigenvalue weighted by molar-refractivity contribution is -0.129. The summed E-state index contributed by atoms with van der Waals surface area (Å²) in [7, 11) is 1.54. The molecule has 0 radical (unpaired) electrons. The predicted molar refractivity (Wildman–Crippen MR) is 131 cm³/mol. The maximum absolute atomic E-state index is 13.5. The van der Waals surface area contributed by atoms with Crippen molar-refractivity contribution in [1.82, 2.24) is 0 Å². The van der Waals surface area contributed by atoms with E-state index in [0.29, 0.717) is 33.7 Å². The van der Waals surface area contributed by atoms with Crippen LogP contribution in [-0.2, 0) is 16.1 Å². The van der Waals surface area contributed by atoms with Gasteiger partial charge in [-0.15, -0.1) is 0 Å². The molecule has 32 heavy (non-hydrogen) atoms. The molecule has 0 spiro atoms. The Kier molecular flexibility index (Phi) is 6.90. The molecule has 1 aliphatic heterocycles. The Labute approximate surface area is 206 Å². The molecule has 5 nitrogen and oxygen atoms in total. The van der Waals surface area contributed by atoms with E-state index in [-0.39, 0.29) is 11.6 Å². The van der Waals surface area contributed by atoms with Gasteiger partial charge in [0.05, 0.1) is 11.6 Å². The van der Waals surface area contributed by atoms with E-state index in [1.54, 1.807) is 31.4 Å². The Balaban J connectivity index is 1.60. The number of rotatable bonds is 6. The summed E-state index contributed by atoms with van der Waals surface area (Å²) < 4.78 is 32.0. The van der Waals surface area contributed by atoms with Crippen LogP contribution in [0.25, 0.3) is 6.08 Å². The molecule has 3 aromatic carbocycles. The van der Waals surface area contributed by atoms with Gasteiger partial charge in [-0.25, -0.2) is 14.2 Å². The summed E-state index contributed by atoms with van der Waals surface area (Å²) in [4.78, 5) is 16.5. The van der Waals surface area contributed by atoms with Crippen molar-refractivity contribution in [2.75, 3.05) is 7.11 Å². The summed E-state index contributed by atoms with van der Waals surface area (Å²) >= 11 is 5.79. The number of cyclic esters (lactones) is 1. The largest absolute Gasteiger partial charge is 0.493 e. The topological polar surface area (TPSA) is 57.1 Å². The molecule has 4 rings (SSSR count). The molecule has 0 bridgehead atoms. The molecular weight excluding hydrogens is 592 g/mol. The molecule has 0 saturated heterocycles. The maximum atomic E-state index is 13.5. The number of hydrogen-bond donors (Lipinski definition) is 0. The number of carbonyl (C=O) groups is 1. The second kappa shape index (κ2) is 9.83. The first-order valence-corrected chi connectivity index (χ1v) is 11.3. The number of benzene rings is 3. The van der Waals surface area contributed by atoms with E-state index in [0.717, 1.165) is 9.13 Å². The number of ether oxygens (including phenoxy) is 3. The quantitative estimate of drug-likeness (QED) is 0.192. The van der Waals surface area contributed by atoms with Gasteiger partial charge in [0, 0.05) is 14.7 Å². The van der Waals surface area contributed by atoms with E-state index in [2.05, 4.69) is 43.5 Å². The Hall–Kier alpha value is -2.72. The molecule has 162 valence electrons. The number of carbonyl (C=O) groups excluding carboxylic acids is 1. The highest BCUT2D eigenvalue weighted by atomic mass is 127. The van der Waals surface area contributed by atoms with Gasteiger partial charge in [0.2, 0.25) is 5.90 Å². The zero-order valence-electron chi connectivity index (χ0n) is 16.8. The van der Waals surface area contributed by atoms with Gasteiger partial charge < -0.3 is 14.2 Å². The van der Waals surface area contributed by atoms with Crippen LogP contribution < -0.4 is 9.47 Å². The van der Waals surface area contributed by atoms with Gasteiger partial charge >= 0.3 is 5.97 Å². The molecule has 1 heterocycles. The van der Waals surface area contributed by atoms with Crippen LogP contribution in [0, 0.1) is 9.39 Å². The average Bonchev–Trinajstić information content (AvgIpc) is 3.14. The molecule has 0 saturated carbocycles. The van der Waals surface area contributed by atoms with Crippen molar-refractivity contribution in [3.05, 3.63) is 96.9 Å². The van der Waals surface area contributed by atoms with Crippen molar-refractivity contribution in [3.63, 3.8) is 0 Å². The van der Waals surface area contributed by atoms with Gasteiger partial charge in [0.15, 0.2) is 17.2 Å². The monoisotopic (exact) mass is 607 g/mol.